The van der Waals surface area contributed by atoms with Gasteiger partial charge in [-0.1, -0.05) is 89.9 Å². The lowest BCUT2D eigenvalue weighted by molar-refractivity contribution is -0.384. The number of rotatable bonds is 4. The fourth-order valence-corrected chi connectivity index (χ4v) is 7.20. The van der Waals surface area contributed by atoms with Crippen molar-refractivity contribution in [3.05, 3.63) is 133 Å². The van der Waals surface area contributed by atoms with Crippen molar-refractivity contribution in [2.45, 2.75) is 11.3 Å². The topological polar surface area (TPSA) is 92.9 Å². The van der Waals surface area contributed by atoms with Gasteiger partial charge in [0.15, 0.2) is 0 Å². The summed E-state index contributed by atoms with van der Waals surface area (Å²) in [5.74, 6) is -3.01. The van der Waals surface area contributed by atoms with E-state index in [1.54, 1.807) is 30.5 Å². The number of benzene rings is 4. The Bertz CT molecular complexity index is 1760. The van der Waals surface area contributed by atoms with E-state index in [-0.39, 0.29) is 16.4 Å². The van der Waals surface area contributed by atoms with Gasteiger partial charge in [0.1, 0.15) is 5.69 Å². The smallest absolute Gasteiger partial charge is 0.274 e. The number of nitro groups is 1. The van der Waals surface area contributed by atoms with E-state index in [1.807, 2.05) is 48.5 Å². The third kappa shape index (κ3) is 3.16. The number of nitrogens with zero attached hydrogens (tertiary/aromatic N) is 3. The zero-order valence-corrected chi connectivity index (χ0v) is 22.2. The number of aliphatic imine (C=N–C) groups is 1. The van der Waals surface area contributed by atoms with Crippen molar-refractivity contribution >= 4 is 58.3 Å². The van der Waals surface area contributed by atoms with Gasteiger partial charge in [-0.15, -0.1) is 0 Å². The normalized spacial score (nSPS) is 24.2. The molecule has 1 aliphatic heterocycles. The summed E-state index contributed by atoms with van der Waals surface area (Å²) in [6.07, 6.45) is 1.71. The van der Waals surface area contributed by atoms with Gasteiger partial charge in [0.2, 0.25) is 11.8 Å². The maximum Gasteiger partial charge on any atom is 0.293 e. The van der Waals surface area contributed by atoms with Crippen LogP contribution in [0.25, 0.3) is 0 Å². The van der Waals surface area contributed by atoms with Gasteiger partial charge in [0, 0.05) is 18.2 Å². The number of anilines is 1. The molecule has 3 aliphatic carbocycles. The number of para-hydroxylation sites is 2. The number of carbonyl (C=O) groups excluding carboxylic acids is 2. The zero-order valence-electron chi connectivity index (χ0n) is 20.7. The van der Waals surface area contributed by atoms with Crippen LogP contribution in [0.3, 0.4) is 0 Å². The van der Waals surface area contributed by atoms with E-state index in [0.717, 1.165) is 27.2 Å². The molecule has 2 atom stereocenters. The third-order valence-electron chi connectivity index (χ3n) is 8.34. The van der Waals surface area contributed by atoms with Gasteiger partial charge in [-0.05, 0) is 40.5 Å². The molecule has 4 aromatic carbocycles. The lowest BCUT2D eigenvalue weighted by atomic mass is 9.47. The highest BCUT2D eigenvalue weighted by Gasteiger charge is 2.68. The molecule has 0 saturated carbocycles. The van der Waals surface area contributed by atoms with E-state index in [4.69, 9.17) is 28.2 Å². The van der Waals surface area contributed by atoms with E-state index < -0.39 is 39.9 Å². The van der Waals surface area contributed by atoms with Crippen LogP contribution < -0.4 is 4.90 Å². The molecule has 4 aromatic rings. The monoisotopic (exact) mass is 567 g/mol. The molecule has 7 nitrogen and oxygen atoms in total. The van der Waals surface area contributed by atoms with Crippen molar-refractivity contribution in [1.82, 2.24) is 0 Å². The molecule has 4 aliphatic rings. The SMILES string of the molecule is O=C1[C@H]2C3c4ccccc4C(C=Nc4cccc(Cl)c4Cl)(c4ccccc43)[C@H]2C(=O)N1c1ccccc1[N+](=O)[O-]. The first-order valence-electron chi connectivity index (χ1n) is 12.7. The number of halogens is 2. The Labute approximate surface area is 238 Å². The van der Waals surface area contributed by atoms with Crippen LogP contribution in [0.15, 0.2) is 96.0 Å². The minimum absolute atomic E-state index is 0.0330. The molecule has 0 spiro atoms. The van der Waals surface area contributed by atoms with Crippen molar-refractivity contribution in [2.75, 3.05) is 4.90 Å². The van der Waals surface area contributed by atoms with Gasteiger partial charge in [-0.25, -0.2) is 4.90 Å². The van der Waals surface area contributed by atoms with Crippen LogP contribution in [0.1, 0.15) is 28.2 Å². The molecular formula is C31H19Cl2N3O4. The first kappa shape index (κ1) is 24.7. The molecule has 0 aromatic heterocycles. The molecule has 1 fully saturated rings. The van der Waals surface area contributed by atoms with E-state index in [0.29, 0.717) is 10.7 Å². The largest absolute Gasteiger partial charge is 0.293 e. The summed E-state index contributed by atoms with van der Waals surface area (Å²) < 4.78 is 0. The summed E-state index contributed by atoms with van der Waals surface area (Å²) in [7, 11) is 0. The second-order valence-electron chi connectivity index (χ2n) is 10.1. The van der Waals surface area contributed by atoms with E-state index in [2.05, 4.69) is 0 Å². The summed E-state index contributed by atoms with van der Waals surface area (Å²) >= 11 is 12.8. The maximum atomic E-state index is 14.4. The first-order valence-corrected chi connectivity index (χ1v) is 13.4. The highest BCUT2D eigenvalue weighted by molar-refractivity contribution is 6.43. The van der Waals surface area contributed by atoms with Gasteiger partial charge in [0.05, 0.1) is 37.9 Å². The first-order chi connectivity index (χ1) is 19.4. The Balaban J connectivity index is 1.52. The fraction of sp³-hybridized carbons (Fsp3) is 0.129. The van der Waals surface area contributed by atoms with E-state index in [1.165, 1.54) is 18.2 Å². The molecule has 0 unspecified atom stereocenters. The van der Waals surface area contributed by atoms with Crippen LogP contribution in [0, 0.1) is 22.0 Å². The Morgan fingerprint density at radius 1 is 0.825 bits per heavy atom. The Kier molecular flexibility index (Phi) is 5.46. The predicted molar refractivity (Wildman–Crippen MR) is 153 cm³/mol. The zero-order chi connectivity index (χ0) is 27.8. The molecule has 196 valence electrons. The molecular weight excluding hydrogens is 549 g/mol. The highest BCUT2D eigenvalue weighted by atomic mass is 35.5. The van der Waals surface area contributed by atoms with Crippen LogP contribution >= 0.6 is 23.2 Å². The van der Waals surface area contributed by atoms with E-state index in [9.17, 15) is 19.7 Å². The number of amides is 2. The molecule has 9 heteroatoms. The van der Waals surface area contributed by atoms with Crippen molar-refractivity contribution < 1.29 is 14.5 Å². The molecule has 0 radical (unpaired) electrons. The van der Waals surface area contributed by atoms with Gasteiger partial charge >= 0.3 is 0 Å². The van der Waals surface area contributed by atoms with Gasteiger partial charge in [-0.3, -0.25) is 24.7 Å². The lowest BCUT2D eigenvalue weighted by Crippen LogP contribution is -2.54. The van der Waals surface area contributed by atoms with Gasteiger partial charge in [0.25, 0.3) is 5.69 Å². The highest BCUT2D eigenvalue weighted by Crippen LogP contribution is 2.64. The summed E-state index contributed by atoms with van der Waals surface area (Å²) in [5.41, 5.74) is 2.54. The average Bonchev–Trinajstić information content (AvgIpc) is 3.24. The summed E-state index contributed by atoms with van der Waals surface area (Å²) in [6.45, 7) is 0. The second kappa shape index (κ2) is 8.84. The van der Waals surface area contributed by atoms with E-state index >= 15 is 0 Å². The Morgan fingerprint density at radius 3 is 2.12 bits per heavy atom. The average molecular weight is 568 g/mol. The van der Waals surface area contributed by atoms with Crippen molar-refractivity contribution in [2.24, 2.45) is 16.8 Å². The second-order valence-corrected chi connectivity index (χ2v) is 10.9. The Hall–Kier alpha value is -4.33. The summed E-state index contributed by atoms with van der Waals surface area (Å²) in [5, 5.41) is 12.5. The number of imide groups is 1. The molecule has 0 N–H and O–H groups in total. The lowest BCUT2D eigenvalue weighted by Gasteiger charge is -2.52. The number of nitro benzene ring substituents is 1. The van der Waals surface area contributed by atoms with Gasteiger partial charge < -0.3 is 0 Å². The standard InChI is InChI=1S/C31H19Cl2N3O4/c32-21-12-7-13-22(28(21)33)34-16-31-19-10-3-1-8-17(19)25(18-9-2-4-11-20(18)31)26-27(31)30(38)35(29(26)37)23-14-5-6-15-24(23)36(39)40/h1-16,25-27H/t25?,26-,27+,31?/m0/s1. The van der Waals surface area contributed by atoms with Crippen LogP contribution in [0.5, 0.6) is 0 Å². The minimum Gasteiger partial charge on any atom is -0.274 e. The molecule has 8 rings (SSSR count). The van der Waals surface area contributed by atoms with Crippen molar-refractivity contribution in [1.29, 1.82) is 0 Å². The molecule has 40 heavy (non-hydrogen) atoms. The molecule has 1 saturated heterocycles. The number of carbonyl (C=O) groups is 2. The minimum atomic E-state index is -1.14. The molecule has 1 heterocycles. The van der Waals surface area contributed by atoms with Gasteiger partial charge in [-0.2, -0.15) is 0 Å². The quantitative estimate of drug-likeness (QED) is 0.116. The predicted octanol–water partition coefficient (Wildman–Crippen LogP) is 6.85. The molecule has 2 bridgehead atoms. The number of hydrogen-bond donors (Lipinski definition) is 0. The summed E-state index contributed by atoms with van der Waals surface area (Å²) in [6, 6.07) is 26.5. The van der Waals surface area contributed by atoms with Crippen LogP contribution in [-0.4, -0.2) is 23.0 Å². The number of hydrogen-bond acceptors (Lipinski definition) is 5. The maximum absolute atomic E-state index is 14.4. The van der Waals surface area contributed by atoms with Crippen LogP contribution in [-0.2, 0) is 15.0 Å². The van der Waals surface area contributed by atoms with Crippen LogP contribution in [0.4, 0.5) is 17.1 Å². The van der Waals surface area contributed by atoms with Crippen molar-refractivity contribution in [3.8, 4) is 0 Å². The summed E-state index contributed by atoms with van der Waals surface area (Å²) in [4.78, 5) is 45.8. The molecule has 2 amide bonds. The van der Waals surface area contributed by atoms with Crippen LogP contribution in [0.2, 0.25) is 10.0 Å². The third-order valence-corrected chi connectivity index (χ3v) is 9.15. The fourth-order valence-electron chi connectivity index (χ4n) is 6.86. The van der Waals surface area contributed by atoms with Crippen molar-refractivity contribution in [3.63, 3.8) is 0 Å². The Morgan fingerprint density at radius 2 is 1.45 bits per heavy atom.